The fourth-order valence-corrected chi connectivity index (χ4v) is 3.25. The average molecular weight is 402 g/mol. The number of ether oxygens (including phenoxy) is 2. The van der Waals surface area contributed by atoms with E-state index in [4.69, 9.17) is 9.47 Å². The number of ketones is 1. The molecule has 0 amide bonds. The number of nitrogens with zero attached hydrogens (tertiary/aromatic N) is 1. The molecule has 0 aliphatic carbocycles. The van der Waals surface area contributed by atoms with E-state index in [9.17, 15) is 4.79 Å². The first kappa shape index (κ1) is 17.7. The lowest BCUT2D eigenvalue weighted by Crippen LogP contribution is -2.36. The topological polar surface area (TPSA) is 38.8 Å². The summed E-state index contributed by atoms with van der Waals surface area (Å²) in [6, 6.07) is 13.5. The van der Waals surface area contributed by atoms with E-state index in [0.717, 1.165) is 36.3 Å². The SMILES string of the molecule is COc1ccc(C(=O)/C=C/c2ccc(N3CCOCC3)cc2)cc1Br. The second-order valence-electron chi connectivity index (χ2n) is 5.74. The first-order valence-corrected chi connectivity index (χ1v) is 8.95. The van der Waals surface area contributed by atoms with Crippen LogP contribution in [0.1, 0.15) is 15.9 Å². The molecule has 2 aromatic carbocycles. The Kier molecular flexibility index (Phi) is 5.89. The summed E-state index contributed by atoms with van der Waals surface area (Å²) in [5, 5.41) is 0. The number of benzene rings is 2. The van der Waals surface area contributed by atoms with Gasteiger partial charge in [-0.1, -0.05) is 18.2 Å². The molecule has 0 radical (unpaired) electrons. The van der Waals surface area contributed by atoms with Crippen molar-refractivity contribution in [3.05, 3.63) is 64.1 Å². The molecule has 0 saturated carbocycles. The fraction of sp³-hybridized carbons (Fsp3) is 0.250. The quantitative estimate of drug-likeness (QED) is 0.556. The Bertz CT molecular complexity index is 765. The number of anilines is 1. The number of carbonyl (C=O) groups excluding carboxylic acids is 1. The fourth-order valence-electron chi connectivity index (χ4n) is 2.71. The number of allylic oxidation sites excluding steroid dienone is 1. The van der Waals surface area contributed by atoms with Crippen LogP contribution in [0.3, 0.4) is 0 Å². The number of halogens is 1. The number of methoxy groups -OCH3 is 1. The van der Waals surface area contributed by atoms with E-state index in [2.05, 4.69) is 33.0 Å². The van der Waals surface area contributed by atoms with Crippen LogP contribution >= 0.6 is 15.9 Å². The van der Waals surface area contributed by atoms with Crippen molar-refractivity contribution < 1.29 is 14.3 Å². The van der Waals surface area contributed by atoms with Crippen molar-refractivity contribution in [1.29, 1.82) is 0 Å². The van der Waals surface area contributed by atoms with Gasteiger partial charge in [0.25, 0.3) is 0 Å². The molecule has 0 bridgehead atoms. The maximum Gasteiger partial charge on any atom is 0.185 e. The Morgan fingerprint density at radius 1 is 1.16 bits per heavy atom. The third-order valence-corrected chi connectivity index (χ3v) is 4.75. The van der Waals surface area contributed by atoms with Crippen molar-refractivity contribution in [3.63, 3.8) is 0 Å². The highest BCUT2D eigenvalue weighted by molar-refractivity contribution is 9.10. The molecule has 3 rings (SSSR count). The zero-order valence-electron chi connectivity index (χ0n) is 14.1. The van der Waals surface area contributed by atoms with Crippen LogP contribution in [0.4, 0.5) is 5.69 Å². The number of hydrogen-bond acceptors (Lipinski definition) is 4. The Labute approximate surface area is 156 Å². The molecule has 0 spiro atoms. The van der Waals surface area contributed by atoms with Gasteiger partial charge in [0, 0.05) is 24.3 Å². The summed E-state index contributed by atoms with van der Waals surface area (Å²) < 4.78 is 11.3. The van der Waals surface area contributed by atoms with Crippen LogP contribution in [0.15, 0.2) is 53.0 Å². The molecule has 25 heavy (non-hydrogen) atoms. The molecule has 130 valence electrons. The third kappa shape index (κ3) is 4.50. The highest BCUT2D eigenvalue weighted by Crippen LogP contribution is 2.26. The zero-order valence-corrected chi connectivity index (χ0v) is 15.7. The normalized spacial score (nSPS) is 14.7. The summed E-state index contributed by atoms with van der Waals surface area (Å²) in [5.74, 6) is 0.667. The van der Waals surface area contributed by atoms with Crippen LogP contribution in [0.25, 0.3) is 6.08 Å². The van der Waals surface area contributed by atoms with E-state index in [0.29, 0.717) is 11.3 Å². The summed E-state index contributed by atoms with van der Waals surface area (Å²) in [4.78, 5) is 14.6. The van der Waals surface area contributed by atoms with E-state index >= 15 is 0 Å². The van der Waals surface area contributed by atoms with Crippen LogP contribution in [-0.2, 0) is 4.74 Å². The monoisotopic (exact) mass is 401 g/mol. The summed E-state index contributed by atoms with van der Waals surface area (Å²) in [6.45, 7) is 3.38. The first-order valence-electron chi connectivity index (χ1n) is 8.16. The van der Waals surface area contributed by atoms with Gasteiger partial charge in [-0.05, 0) is 57.9 Å². The van der Waals surface area contributed by atoms with Gasteiger partial charge in [0.15, 0.2) is 5.78 Å². The molecule has 1 aliphatic rings. The number of hydrogen-bond donors (Lipinski definition) is 0. The van der Waals surface area contributed by atoms with E-state index in [1.807, 2.05) is 18.2 Å². The number of morpholine rings is 1. The predicted octanol–water partition coefficient (Wildman–Crippen LogP) is 4.19. The molecule has 0 atom stereocenters. The Morgan fingerprint density at radius 3 is 2.52 bits per heavy atom. The summed E-state index contributed by atoms with van der Waals surface area (Å²) in [7, 11) is 1.60. The minimum absolute atomic E-state index is 0.0411. The van der Waals surface area contributed by atoms with Gasteiger partial charge < -0.3 is 14.4 Å². The van der Waals surface area contributed by atoms with Gasteiger partial charge in [0.1, 0.15) is 5.75 Å². The standard InChI is InChI=1S/C20H20BrNO3/c1-24-20-9-5-16(14-18(20)21)19(23)8-4-15-2-6-17(7-3-15)22-10-12-25-13-11-22/h2-9,14H,10-13H2,1H3/b8-4+. The largest absolute Gasteiger partial charge is 0.496 e. The van der Waals surface area contributed by atoms with Crippen molar-refractivity contribution in [1.82, 2.24) is 0 Å². The van der Waals surface area contributed by atoms with Crippen molar-refractivity contribution in [2.75, 3.05) is 38.3 Å². The van der Waals surface area contributed by atoms with Gasteiger partial charge in [-0.25, -0.2) is 0 Å². The van der Waals surface area contributed by atoms with E-state index in [1.165, 1.54) is 5.69 Å². The Morgan fingerprint density at radius 2 is 1.88 bits per heavy atom. The smallest absolute Gasteiger partial charge is 0.185 e. The third-order valence-electron chi connectivity index (χ3n) is 4.13. The lowest BCUT2D eigenvalue weighted by atomic mass is 10.1. The summed E-state index contributed by atoms with van der Waals surface area (Å²) in [5.41, 5.74) is 2.80. The van der Waals surface area contributed by atoms with Gasteiger partial charge in [-0.3, -0.25) is 4.79 Å². The van der Waals surface area contributed by atoms with E-state index in [1.54, 1.807) is 31.4 Å². The maximum absolute atomic E-state index is 12.3. The number of rotatable bonds is 5. The van der Waals surface area contributed by atoms with Crippen LogP contribution in [0, 0.1) is 0 Å². The zero-order chi connectivity index (χ0) is 17.6. The highest BCUT2D eigenvalue weighted by Gasteiger charge is 2.10. The molecular weight excluding hydrogens is 382 g/mol. The molecule has 2 aromatic rings. The van der Waals surface area contributed by atoms with Crippen molar-refractivity contribution in [2.45, 2.75) is 0 Å². The maximum atomic E-state index is 12.3. The number of carbonyl (C=O) groups is 1. The van der Waals surface area contributed by atoms with Crippen LogP contribution < -0.4 is 9.64 Å². The van der Waals surface area contributed by atoms with Gasteiger partial charge in [0.2, 0.25) is 0 Å². The van der Waals surface area contributed by atoms with Crippen molar-refractivity contribution in [3.8, 4) is 5.75 Å². The lowest BCUT2D eigenvalue weighted by molar-refractivity contribution is 0.104. The molecule has 5 heteroatoms. The molecular formula is C20H20BrNO3. The van der Waals surface area contributed by atoms with Gasteiger partial charge >= 0.3 is 0 Å². The predicted molar refractivity (Wildman–Crippen MR) is 104 cm³/mol. The molecule has 1 heterocycles. The molecule has 4 nitrogen and oxygen atoms in total. The lowest BCUT2D eigenvalue weighted by Gasteiger charge is -2.28. The minimum Gasteiger partial charge on any atom is -0.496 e. The van der Waals surface area contributed by atoms with Gasteiger partial charge in [0.05, 0.1) is 24.8 Å². The molecule has 0 unspecified atom stereocenters. The van der Waals surface area contributed by atoms with Gasteiger partial charge in [-0.15, -0.1) is 0 Å². The molecule has 0 N–H and O–H groups in total. The van der Waals surface area contributed by atoms with Crippen molar-refractivity contribution >= 4 is 33.5 Å². The van der Waals surface area contributed by atoms with E-state index in [-0.39, 0.29) is 5.78 Å². The van der Waals surface area contributed by atoms with Gasteiger partial charge in [-0.2, -0.15) is 0 Å². The Hall–Kier alpha value is -2.11. The Balaban J connectivity index is 1.66. The highest BCUT2D eigenvalue weighted by atomic mass is 79.9. The molecule has 1 aliphatic heterocycles. The van der Waals surface area contributed by atoms with E-state index < -0.39 is 0 Å². The second kappa shape index (κ2) is 8.32. The second-order valence-corrected chi connectivity index (χ2v) is 6.59. The minimum atomic E-state index is -0.0411. The average Bonchev–Trinajstić information content (AvgIpc) is 2.67. The molecule has 0 aromatic heterocycles. The summed E-state index contributed by atoms with van der Waals surface area (Å²) in [6.07, 6.45) is 3.43. The summed E-state index contributed by atoms with van der Waals surface area (Å²) >= 11 is 3.40. The first-order chi connectivity index (χ1) is 12.2. The van der Waals surface area contributed by atoms with Crippen molar-refractivity contribution in [2.24, 2.45) is 0 Å². The van der Waals surface area contributed by atoms with Crippen LogP contribution in [0.2, 0.25) is 0 Å². The molecule has 1 fully saturated rings. The van der Waals surface area contributed by atoms with Crippen LogP contribution in [-0.4, -0.2) is 39.2 Å². The van der Waals surface area contributed by atoms with Crippen LogP contribution in [0.5, 0.6) is 5.75 Å². The molecule has 1 saturated heterocycles.